The van der Waals surface area contributed by atoms with Crippen LogP contribution >= 0.6 is 0 Å². The van der Waals surface area contributed by atoms with Crippen LogP contribution in [0.25, 0.3) is 5.57 Å². The highest BCUT2D eigenvalue weighted by Gasteiger charge is 2.16. The zero-order valence-electron chi connectivity index (χ0n) is 12.4. The minimum atomic E-state index is -1.40. The lowest BCUT2D eigenvalue weighted by atomic mass is 10.1. The van der Waals surface area contributed by atoms with Crippen molar-refractivity contribution in [3.8, 4) is 5.75 Å². The lowest BCUT2D eigenvalue weighted by Crippen LogP contribution is -2.00. The minimum absolute atomic E-state index is 0.0243. The quantitative estimate of drug-likeness (QED) is 0.261. The molecule has 0 saturated carbocycles. The van der Waals surface area contributed by atoms with Crippen molar-refractivity contribution in [2.75, 3.05) is 0 Å². The van der Waals surface area contributed by atoms with Crippen LogP contribution in [-0.2, 0) is 14.3 Å². The van der Waals surface area contributed by atoms with Gasteiger partial charge < -0.3 is 9.47 Å². The van der Waals surface area contributed by atoms with Crippen LogP contribution in [0.2, 0.25) is 0 Å². The lowest BCUT2D eigenvalue weighted by Gasteiger charge is -2.08. The van der Waals surface area contributed by atoms with Crippen molar-refractivity contribution in [3.05, 3.63) is 59.6 Å². The zero-order valence-corrected chi connectivity index (χ0v) is 12.4. The molecule has 0 aliphatic carbocycles. The molecule has 1 aromatic rings. The Balaban J connectivity index is 3.20. The lowest BCUT2D eigenvalue weighted by molar-refractivity contribution is -0.133. The van der Waals surface area contributed by atoms with Gasteiger partial charge in [0.2, 0.25) is 0 Å². The molecule has 0 fully saturated rings. The van der Waals surface area contributed by atoms with E-state index >= 15 is 0 Å². The van der Waals surface area contributed by atoms with Crippen molar-refractivity contribution in [3.63, 3.8) is 0 Å². The normalized spacial score (nSPS) is 12.7. The summed E-state index contributed by atoms with van der Waals surface area (Å²) in [5.41, 5.74) is -0.204. The zero-order chi connectivity index (χ0) is 17.6. The van der Waals surface area contributed by atoms with Crippen LogP contribution in [0.4, 0.5) is 13.2 Å². The van der Waals surface area contributed by atoms with Gasteiger partial charge in [0.1, 0.15) is 5.76 Å². The van der Waals surface area contributed by atoms with Crippen molar-refractivity contribution in [1.82, 2.24) is 0 Å². The van der Waals surface area contributed by atoms with E-state index in [-0.39, 0.29) is 23.4 Å². The van der Waals surface area contributed by atoms with Gasteiger partial charge in [0, 0.05) is 6.08 Å². The topological polar surface area (TPSA) is 52.6 Å². The van der Waals surface area contributed by atoms with E-state index in [1.54, 1.807) is 0 Å². The van der Waals surface area contributed by atoms with Crippen molar-refractivity contribution in [2.45, 2.75) is 13.8 Å². The number of benzene rings is 1. The van der Waals surface area contributed by atoms with Crippen LogP contribution in [0.5, 0.6) is 5.75 Å². The Hall–Kier alpha value is -2.83. The number of hydrogen-bond acceptors (Lipinski definition) is 4. The highest BCUT2D eigenvalue weighted by atomic mass is 19.2. The molecule has 0 saturated heterocycles. The summed E-state index contributed by atoms with van der Waals surface area (Å²) < 4.78 is 50.4. The molecule has 0 bridgehead atoms. The smallest absolute Gasteiger partial charge is 0.335 e. The fraction of sp³-hybridized carbons (Fsp3) is 0.125. The Bertz CT molecular complexity index is 705. The Labute approximate surface area is 130 Å². The first-order valence-corrected chi connectivity index (χ1v) is 6.29. The number of carbonyl (C=O) groups excluding carboxylic acids is 2. The van der Waals surface area contributed by atoms with Gasteiger partial charge in [0.05, 0.1) is 0 Å². The number of carbonyl (C=O) groups is 2. The minimum Gasteiger partial charge on any atom is -0.426 e. The predicted molar refractivity (Wildman–Crippen MR) is 76.9 cm³/mol. The van der Waals surface area contributed by atoms with Crippen LogP contribution in [0.15, 0.2) is 48.3 Å². The van der Waals surface area contributed by atoms with Gasteiger partial charge in [-0.1, -0.05) is 12.6 Å². The molecule has 0 atom stereocenters. The molecule has 23 heavy (non-hydrogen) atoms. The number of rotatable bonds is 6. The molecule has 0 aliphatic rings. The van der Waals surface area contributed by atoms with Gasteiger partial charge in [-0.05, 0) is 37.1 Å². The number of halogens is 3. The maximum Gasteiger partial charge on any atom is 0.335 e. The highest BCUT2D eigenvalue weighted by molar-refractivity contribution is 5.82. The van der Waals surface area contributed by atoms with E-state index in [9.17, 15) is 22.8 Å². The summed E-state index contributed by atoms with van der Waals surface area (Å²) in [6, 6.07) is 3.23. The molecule has 1 rings (SSSR count). The van der Waals surface area contributed by atoms with Crippen LogP contribution < -0.4 is 4.74 Å². The first-order chi connectivity index (χ1) is 10.8. The van der Waals surface area contributed by atoms with E-state index in [2.05, 4.69) is 16.1 Å². The second kappa shape index (κ2) is 7.98. The molecule has 122 valence electrons. The summed E-state index contributed by atoms with van der Waals surface area (Å²) in [4.78, 5) is 21.1. The highest BCUT2D eigenvalue weighted by Crippen LogP contribution is 2.30. The molecular formula is C16H13F3O4. The third kappa shape index (κ3) is 4.57. The first-order valence-electron chi connectivity index (χ1n) is 6.29. The van der Waals surface area contributed by atoms with E-state index in [0.717, 1.165) is 25.1 Å². The predicted octanol–water partition coefficient (Wildman–Crippen LogP) is 3.99. The van der Waals surface area contributed by atoms with Crippen molar-refractivity contribution >= 4 is 18.0 Å². The maximum absolute atomic E-state index is 14.1. The van der Waals surface area contributed by atoms with E-state index in [0.29, 0.717) is 0 Å². The Kier molecular flexibility index (Phi) is 6.32. The summed E-state index contributed by atoms with van der Waals surface area (Å²) in [6.45, 7) is 5.45. The van der Waals surface area contributed by atoms with Crippen molar-refractivity contribution in [1.29, 1.82) is 0 Å². The third-order valence-corrected chi connectivity index (χ3v) is 2.79. The monoisotopic (exact) mass is 326 g/mol. The van der Waals surface area contributed by atoms with E-state index < -0.39 is 29.2 Å². The average Bonchev–Trinajstić information content (AvgIpc) is 2.54. The number of allylic oxidation sites excluding steroid dienone is 4. The van der Waals surface area contributed by atoms with Gasteiger partial charge in [0.25, 0.3) is 6.47 Å². The van der Waals surface area contributed by atoms with Gasteiger partial charge >= 0.3 is 5.97 Å². The second-order valence-corrected chi connectivity index (χ2v) is 4.29. The molecule has 1 aromatic carbocycles. The molecule has 0 spiro atoms. The average molecular weight is 326 g/mol. The third-order valence-electron chi connectivity index (χ3n) is 2.79. The van der Waals surface area contributed by atoms with Crippen LogP contribution in [-0.4, -0.2) is 12.4 Å². The molecule has 7 heteroatoms. The first kappa shape index (κ1) is 18.2. The van der Waals surface area contributed by atoms with Crippen LogP contribution in [0.1, 0.15) is 19.4 Å². The van der Waals surface area contributed by atoms with Gasteiger partial charge in [-0.25, -0.2) is 13.6 Å². The van der Waals surface area contributed by atoms with E-state index in [4.69, 9.17) is 0 Å². The number of hydrogen-bond donors (Lipinski definition) is 0. The van der Waals surface area contributed by atoms with E-state index in [1.807, 2.05) is 0 Å². The Morgan fingerprint density at radius 1 is 1.22 bits per heavy atom. The molecular weight excluding hydrogens is 313 g/mol. The molecule has 0 aromatic heterocycles. The molecule has 0 amide bonds. The van der Waals surface area contributed by atoms with E-state index in [1.165, 1.54) is 13.0 Å². The number of ether oxygens (including phenoxy) is 2. The van der Waals surface area contributed by atoms with Gasteiger partial charge in [-0.3, -0.25) is 4.79 Å². The van der Waals surface area contributed by atoms with Crippen molar-refractivity contribution in [2.24, 2.45) is 0 Å². The van der Waals surface area contributed by atoms with Crippen molar-refractivity contribution < 1.29 is 32.2 Å². The van der Waals surface area contributed by atoms with Gasteiger partial charge in [0.15, 0.2) is 23.2 Å². The molecule has 0 radical (unpaired) electrons. The molecule has 0 unspecified atom stereocenters. The van der Waals surface area contributed by atoms with Crippen LogP contribution in [0, 0.1) is 5.82 Å². The summed E-state index contributed by atoms with van der Waals surface area (Å²) in [5, 5.41) is 0. The molecule has 4 nitrogen and oxygen atoms in total. The van der Waals surface area contributed by atoms with Gasteiger partial charge in [-0.2, -0.15) is 4.39 Å². The van der Waals surface area contributed by atoms with Crippen LogP contribution in [0.3, 0.4) is 0 Å². The molecule has 0 aliphatic heterocycles. The largest absolute Gasteiger partial charge is 0.426 e. The maximum atomic E-state index is 14.1. The standard InChI is InChI=1S/C16H13F3O4/c1-4-14(21)23-10(3)16(19)15(18)9(2)11-5-6-13(22-8-20)12(17)7-11/h4-8H,1H2,2-3H3/b15-9-,16-10-. The summed E-state index contributed by atoms with van der Waals surface area (Å²) in [6.07, 6.45) is 0.798. The molecule has 0 N–H and O–H groups in total. The SMILES string of the molecule is C=CC(=O)O/C(C)=C(F)/C(F)=C(\C)c1ccc(OC=O)c(F)c1. The summed E-state index contributed by atoms with van der Waals surface area (Å²) >= 11 is 0. The Morgan fingerprint density at radius 2 is 1.87 bits per heavy atom. The fourth-order valence-electron chi connectivity index (χ4n) is 1.56. The Morgan fingerprint density at radius 3 is 2.39 bits per heavy atom. The summed E-state index contributed by atoms with van der Waals surface area (Å²) in [7, 11) is 0. The number of esters is 1. The van der Waals surface area contributed by atoms with Gasteiger partial charge in [-0.15, -0.1) is 0 Å². The second-order valence-electron chi connectivity index (χ2n) is 4.29. The molecule has 0 heterocycles. The summed E-state index contributed by atoms with van der Waals surface area (Å²) in [5.74, 6) is -5.50. The fourth-order valence-corrected chi connectivity index (χ4v) is 1.56.